The zero-order valence-corrected chi connectivity index (χ0v) is 11.2. The number of ether oxygens (including phenoxy) is 1. The van der Waals surface area contributed by atoms with Crippen LogP contribution in [0.4, 0.5) is 5.69 Å². The van der Waals surface area contributed by atoms with Gasteiger partial charge < -0.3 is 9.26 Å². The highest BCUT2D eigenvalue weighted by molar-refractivity contribution is 5.87. The quantitative estimate of drug-likeness (QED) is 0.363. The third-order valence-corrected chi connectivity index (χ3v) is 2.57. The summed E-state index contributed by atoms with van der Waals surface area (Å²) >= 11 is 0. The number of carbonyl (C=O) groups excluding carboxylic acids is 1. The smallest absolute Gasteiger partial charge is 0.331 e. The molecular weight excluding hydrogens is 276 g/mol. The highest BCUT2D eigenvalue weighted by Gasteiger charge is 2.10. The van der Waals surface area contributed by atoms with Gasteiger partial charge in [0.1, 0.15) is 0 Å². The molecule has 0 radical (unpaired) electrons. The van der Waals surface area contributed by atoms with Crippen molar-refractivity contribution in [1.29, 1.82) is 0 Å². The first kappa shape index (κ1) is 14.4. The fourth-order valence-electron chi connectivity index (χ4n) is 1.63. The minimum absolute atomic E-state index is 0.0408. The molecule has 0 bridgehead atoms. The number of nitrogens with zero attached hydrogens (tertiary/aromatic N) is 2. The van der Waals surface area contributed by atoms with Crippen molar-refractivity contribution in [2.45, 2.75) is 13.5 Å². The SMILES string of the molecule is Cc1cc(COC(=O)/C=C/c2ccccc2[N+](=O)[O-])on1. The second kappa shape index (κ2) is 6.47. The lowest BCUT2D eigenvalue weighted by Crippen LogP contribution is -2.00. The zero-order valence-electron chi connectivity index (χ0n) is 11.2. The monoisotopic (exact) mass is 288 g/mol. The molecule has 1 aromatic heterocycles. The molecule has 2 aromatic rings. The molecule has 108 valence electrons. The van der Waals surface area contributed by atoms with Gasteiger partial charge in [-0.2, -0.15) is 0 Å². The van der Waals surface area contributed by atoms with Gasteiger partial charge in [-0.05, 0) is 19.1 Å². The Balaban J connectivity index is 1.97. The van der Waals surface area contributed by atoms with Crippen molar-refractivity contribution in [1.82, 2.24) is 5.16 Å². The average Bonchev–Trinajstić information content (AvgIpc) is 2.88. The number of para-hydroxylation sites is 1. The number of carbonyl (C=O) groups is 1. The van der Waals surface area contributed by atoms with E-state index >= 15 is 0 Å². The van der Waals surface area contributed by atoms with E-state index in [0.717, 1.165) is 6.08 Å². The molecule has 0 N–H and O–H groups in total. The topological polar surface area (TPSA) is 95.5 Å². The number of hydrogen-bond donors (Lipinski definition) is 0. The lowest BCUT2D eigenvalue weighted by Gasteiger charge is -1.98. The van der Waals surface area contributed by atoms with Gasteiger partial charge in [-0.15, -0.1) is 0 Å². The van der Waals surface area contributed by atoms with Crippen LogP contribution in [0.25, 0.3) is 6.08 Å². The minimum Gasteiger partial charge on any atom is -0.454 e. The molecule has 0 amide bonds. The molecule has 7 heteroatoms. The van der Waals surface area contributed by atoms with Gasteiger partial charge in [-0.3, -0.25) is 10.1 Å². The lowest BCUT2D eigenvalue weighted by atomic mass is 10.1. The maximum atomic E-state index is 11.5. The molecule has 0 unspecified atom stereocenters. The number of esters is 1. The van der Waals surface area contributed by atoms with E-state index < -0.39 is 10.9 Å². The van der Waals surface area contributed by atoms with Gasteiger partial charge >= 0.3 is 5.97 Å². The number of nitro benzene ring substituents is 1. The molecule has 1 aromatic carbocycles. The van der Waals surface area contributed by atoms with Crippen LogP contribution in [0, 0.1) is 17.0 Å². The van der Waals surface area contributed by atoms with Gasteiger partial charge in [-0.1, -0.05) is 17.3 Å². The molecule has 0 saturated heterocycles. The van der Waals surface area contributed by atoms with Crippen LogP contribution < -0.4 is 0 Å². The standard InChI is InChI=1S/C14H12N2O5/c1-10-8-12(21-15-10)9-20-14(17)7-6-11-4-2-3-5-13(11)16(18)19/h2-8H,9H2,1H3/b7-6+. The first-order chi connectivity index (χ1) is 10.1. The van der Waals surface area contributed by atoms with E-state index in [1.807, 2.05) is 0 Å². The summed E-state index contributed by atoms with van der Waals surface area (Å²) in [5, 5.41) is 14.5. The molecular formula is C14H12N2O5. The predicted octanol–water partition coefficient (Wildman–Crippen LogP) is 2.65. The number of aromatic nitrogens is 1. The number of aryl methyl sites for hydroxylation is 1. The van der Waals surface area contributed by atoms with Crippen molar-refractivity contribution in [3.63, 3.8) is 0 Å². The van der Waals surface area contributed by atoms with E-state index in [1.165, 1.54) is 12.1 Å². The van der Waals surface area contributed by atoms with Gasteiger partial charge in [0.25, 0.3) is 5.69 Å². The average molecular weight is 288 g/mol. The Morgan fingerprint density at radius 3 is 2.90 bits per heavy atom. The Kier molecular flexibility index (Phi) is 4.45. The van der Waals surface area contributed by atoms with E-state index in [4.69, 9.17) is 9.26 Å². The summed E-state index contributed by atoms with van der Waals surface area (Å²) in [5.41, 5.74) is 0.943. The second-order valence-corrected chi connectivity index (χ2v) is 4.19. The Labute approximate surface area is 120 Å². The van der Waals surface area contributed by atoms with Gasteiger partial charge in [0.15, 0.2) is 12.4 Å². The van der Waals surface area contributed by atoms with E-state index in [9.17, 15) is 14.9 Å². The third kappa shape index (κ3) is 4.00. The Hall–Kier alpha value is -2.96. The van der Waals surface area contributed by atoms with Crippen LogP contribution in [-0.2, 0) is 16.1 Å². The lowest BCUT2D eigenvalue weighted by molar-refractivity contribution is -0.385. The van der Waals surface area contributed by atoms with E-state index in [0.29, 0.717) is 17.0 Å². The maximum absolute atomic E-state index is 11.5. The first-order valence-corrected chi connectivity index (χ1v) is 6.06. The Morgan fingerprint density at radius 1 is 1.48 bits per heavy atom. The second-order valence-electron chi connectivity index (χ2n) is 4.19. The van der Waals surface area contributed by atoms with E-state index in [-0.39, 0.29) is 12.3 Å². The van der Waals surface area contributed by atoms with Crippen molar-refractivity contribution in [3.8, 4) is 0 Å². The Morgan fingerprint density at radius 2 is 2.24 bits per heavy atom. The predicted molar refractivity (Wildman–Crippen MR) is 73.2 cm³/mol. The van der Waals surface area contributed by atoms with Crippen molar-refractivity contribution >= 4 is 17.7 Å². The van der Waals surface area contributed by atoms with Crippen LogP contribution in [-0.4, -0.2) is 16.0 Å². The summed E-state index contributed by atoms with van der Waals surface area (Å²) < 4.78 is 9.82. The summed E-state index contributed by atoms with van der Waals surface area (Å²) in [6.45, 7) is 1.71. The molecule has 2 rings (SSSR count). The minimum atomic E-state index is -0.623. The molecule has 0 saturated carbocycles. The number of nitro groups is 1. The number of rotatable bonds is 5. The van der Waals surface area contributed by atoms with Gasteiger partial charge in [-0.25, -0.2) is 4.79 Å². The molecule has 0 aliphatic rings. The van der Waals surface area contributed by atoms with Gasteiger partial charge in [0.05, 0.1) is 16.2 Å². The first-order valence-electron chi connectivity index (χ1n) is 6.06. The highest BCUT2D eigenvalue weighted by atomic mass is 16.6. The van der Waals surface area contributed by atoms with Crippen LogP contribution in [0.15, 0.2) is 40.9 Å². The molecule has 0 aliphatic heterocycles. The number of hydrogen-bond acceptors (Lipinski definition) is 6. The molecule has 0 atom stereocenters. The van der Waals surface area contributed by atoms with Crippen LogP contribution in [0.1, 0.15) is 17.0 Å². The van der Waals surface area contributed by atoms with Gasteiger partial charge in [0.2, 0.25) is 0 Å². The van der Waals surface area contributed by atoms with E-state index in [2.05, 4.69) is 5.16 Å². The van der Waals surface area contributed by atoms with Crippen LogP contribution in [0.5, 0.6) is 0 Å². The highest BCUT2D eigenvalue weighted by Crippen LogP contribution is 2.18. The van der Waals surface area contributed by atoms with Crippen LogP contribution >= 0.6 is 0 Å². The molecule has 0 fully saturated rings. The summed E-state index contributed by atoms with van der Waals surface area (Å²) in [4.78, 5) is 21.8. The Bertz CT molecular complexity index is 690. The fourth-order valence-corrected chi connectivity index (χ4v) is 1.63. The third-order valence-electron chi connectivity index (χ3n) is 2.57. The summed E-state index contributed by atoms with van der Waals surface area (Å²) in [6.07, 6.45) is 2.47. The molecule has 0 spiro atoms. The van der Waals surface area contributed by atoms with Crippen LogP contribution in [0.3, 0.4) is 0 Å². The summed E-state index contributed by atoms with van der Waals surface area (Å²) in [7, 11) is 0. The summed E-state index contributed by atoms with van der Waals surface area (Å²) in [6, 6.07) is 7.76. The van der Waals surface area contributed by atoms with Crippen molar-refractivity contribution in [2.24, 2.45) is 0 Å². The molecule has 1 heterocycles. The van der Waals surface area contributed by atoms with Crippen molar-refractivity contribution < 1.29 is 19.0 Å². The van der Waals surface area contributed by atoms with Gasteiger partial charge in [0, 0.05) is 18.2 Å². The van der Waals surface area contributed by atoms with Crippen molar-refractivity contribution in [2.75, 3.05) is 0 Å². The molecule has 0 aliphatic carbocycles. The fraction of sp³-hybridized carbons (Fsp3) is 0.143. The van der Waals surface area contributed by atoms with Crippen molar-refractivity contribution in [3.05, 3.63) is 63.5 Å². The summed E-state index contributed by atoms with van der Waals surface area (Å²) in [5.74, 6) is -0.192. The maximum Gasteiger partial charge on any atom is 0.331 e. The number of benzene rings is 1. The normalized spacial score (nSPS) is 10.7. The zero-order chi connectivity index (χ0) is 15.2. The van der Waals surface area contributed by atoms with E-state index in [1.54, 1.807) is 31.2 Å². The molecule has 7 nitrogen and oxygen atoms in total. The van der Waals surface area contributed by atoms with Crippen LogP contribution in [0.2, 0.25) is 0 Å². The largest absolute Gasteiger partial charge is 0.454 e. The molecule has 21 heavy (non-hydrogen) atoms.